The SMILES string of the molecule is Cc1cc2nccc(N3CCC(C(C)CNS(N)(=O)=O)CC3)c2cc1O.Cc1ccc2c(N3CCC(C(C)CNS(N)(=O)=O)CC3)ccnc2c1.Cc1ccc2nccc(N3CCC(C(C)CNS(N)(=O)=O)CC3)c2c1.Cl.O=CO.O=CO. The average Bonchev–Trinajstić information content (AvgIpc) is 3.63. The highest BCUT2D eigenvalue weighted by atomic mass is 35.5. The predicted octanol–water partition coefficient (Wildman–Crippen LogP) is 6.10. The molecule has 3 aromatic carbocycles. The van der Waals surface area contributed by atoms with Crippen LogP contribution < -0.4 is 44.3 Å². The van der Waals surface area contributed by atoms with Gasteiger partial charge in [-0.2, -0.15) is 25.3 Å². The molecule has 0 aliphatic carbocycles. The summed E-state index contributed by atoms with van der Waals surface area (Å²) in [6, 6.07) is 22.6. The van der Waals surface area contributed by atoms with E-state index in [4.69, 9.17) is 35.2 Å². The summed E-state index contributed by atoms with van der Waals surface area (Å²) < 4.78 is 73.6. The Morgan fingerprint density at radius 3 is 1.19 bits per heavy atom. The molecule has 6 aromatic rings. The van der Waals surface area contributed by atoms with Crippen LogP contribution in [-0.4, -0.2) is 127 Å². The van der Waals surface area contributed by atoms with Gasteiger partial charge in [0.2, 0.25) is 0 Å². The van der Waals surface area contributed by atoms with Crippen LogP contribution in [0.1, 0.15) is 76.0 Å². The molecule has 3 unspecified atom stereocenters. The number of aryl methyl sites for hydroxylation is 3. The lowest BCUT2D eigenvalue weighted by molar-refractivity contribution is -0.123. The number of hydrogen-bond donors (Lipinski definition) is 9. The van der Waals surface area contributed by atoms with Gasteiger partial charge in [-0.1, -0.05) is 44.5 Å². The predicted molar refractivity (Wildman–Crippen MR) is 331 cm³/mol. The van der Waals surface area contributed by atoms with E-state index in [-0.39, 0.29) is 48.9 Å². The lowest BCUT2D eigenvalue weighted by Crippen LogP contribution is -2.40. The van der Waals surface area contributed by atoms with Crippen molar-refractivity contribution in [3.05, 3.63) is 102 Å². The molecule has 3 fully saturated rings. The first kappa shape index (κ1) is 69.4. The van der Waals surface area contributed by atoms with E-state index >= 15 is 0 Å². The quantitative estimate of drug-likeness (QED) is 0.0525. The van der Waals surface area contributed by atoms with Crippen molar-refractivity contribution in [1.82, 2.24) is 29.1 Å². The highest BCUT2D eigenvalue weighted by molar-refractivity contribution is 7.87. The molecule has 0 spiro atoms. The molecule has 83 heavy (non-hydrogen) atoms. The van der Waals surface area contributed by atoms with Gasteiger partial charge in [0, 0.05) is 111 Å². The third kappa shape index (κ3) is 21.8. The summed E-state index contributed by atoms with van der Waals surface area (Å²) in [6.07, 6.45) is 11.7. The van der Waals surface area contributed by atoms with E-state index in [9.17, 15) is 30.4 Å². The molecular formula is C56H83ClN12O11S3. The third-order valence-electron chi connectivity index (χ3n) is 15.7. The molecule has 12 N–H and O–H groups in total. The highest BCUT2D eigenvalue weighted by Crippen LogP contribution is 2.36. The highest BCUT2D eigenvalue weighted by Gasteiger charge is 2.28. The number of anilines is 3. The molecule has 27 heteroatoms. The maximum absolute atomic E-state index is 11.1. The van der Waals surface area contributed by atoms with E-state index in [0.717, 1.165) is 111 Å². The van der Waals surface area contributed by atoms with Crippen LogP contribution in [-0.2, 0) is 40.2 Å². The Kier molecular flexibility index (Phi) is 27.0. The average molecular weight is 1230 g/mol. The Labute approximate surface area is 494 Å². The number of rotatable bonds is 15. The number of phenolic OH excluding ortho intramolecular Hbond substituents is 1. The summed E-state index contributed by atoms with van der Waals surface area (Å²) in [5.74, 6) is 2.51. The number of fused-ring (bicyclic) bond motifs is 3. The summed E-state index contributed by atoms with van der Waals surface area (Å²) in [6.45, 7) is 18.6. The molecule has 3 saturated heterocycles. The van der Waals surface area contributed by atoms with Crippen molar-refractivity contribution in [3.8, 4) is 5.75 Å². The number of nitrogens with zero attached hydrogens (tertiary/aromatic N) is 6. The number of hydrogen-bond acceptors (Lipinski definition) is 15. The molecule has 458 valence electrons. The molecule has 0 bridgehead atoms. The van der Waals surface area contributed by atoms with Gasteiger partial charge in [-0.25, -0.2) is 29.6 Å². The Balaban J connectivity index is 0.000000253. The molecule has 3 aliphatic heterocycles. The molecule has 6 heterocycles. The fourth-order valence-corrected chi connectivity index (χ4v) is 12.4. The molecule has 0 amide bonds. The number of halogens is 1. The van der Waals surface area contributed by atoms with E-state index in [0.29, 0.717) is 37.4 Å². The van der Waals surface area contributed by atoms with Gasteiger partial charge < -0.3 is 30.0 Å². The number of carboxylic acid groups (broad SMARTS) is 2. The summed E-state index contributed by atoms with van der Waals surface area (Å²) in [5, 5.41) is 42.2. The molecule has 9 rings (SSSR count). The minimum Gasteiger partial charge on any atom is -0.508 e. The minimum absolute atomic E-state index is 0. The van der Waals surface area contributed by atoms with Crippen LogP contribution in [0.25, 0.3) is 32.7 Å². The summed E-state index contributed by atoms with van der Waals surface area (Å²) in [5.41, 5.74) is 9.76. The van der Waals surface area contributed by atoms with Crippen LogP contribution in [0.2, 0.25) is 0 Å². The number of benzene rings is 3. The van der Waals surface area contributed by atoms with Crippen molar-refractivity contribution in [3.63, 3.8) is 0 Å². The molecule has 0 radical (unpaired) electrons. The van der Waals surface area contributed by atoms with Crippen molar-refractivity contribution in [2.24, 2.45) is 50.9 Å². The second-order valence-corrected chi connectivity index (χ2v) is 25.6. The van der Waals surface area contributed by atoms with Crippen LogP contribution in [0.3, 0.4) is 0 Å². The Bertz CT molecular complexity index is 3400. The van der Waals surface area contributed by atoms with Gasteiger partial charge in [0.05, 0.1) is 16.6 Å². The Morgan fingerprint density at radius 2 is 0.819 bits per heavy atom. The van der Waals surface area contributed by atoms with E-state index < -0.39 is 30.6 Å². The smallest absolute Gasteiger partial charge is 0.290 e. The zero-order valence-electron chi connectivity index (χ0n) is 48.0. The monoisotopic (exact) mass is 1230 g/mol. The van der Waals surface area contributed by atoms with Crippen LogP contribution in [0, 0.1) is 56.3 Å². The van der Waals surface area contributed by atoms with Crippen molar-refractivity contribution >= 4 is 106 Å². The second kappa shape index (κ2) is 32.3. The van der Waals surface area contributed by atoms with Gasteiger partial charge in [0.1, 0.15) is 5.75 Å². The van der Waals surface area contributed by atoms with E-state index in [1.807, 2.05) is 31.5 Å². The number of piperidine rings is 3. The standard InChI is InChI=1S/C18H26N4O3S.2C18H26N4O2S.2CH2O2.ClH/c1-12-9-16-15(10-18(12)23)17(3-6-20-16)22-7-4-14(5-8-22)13(2)11-21-26(19,24)25;1-13-3-4-17-16(11-13)18(5-8-20-17)22-9-6-15(7-10-22)14(2)12-21-25(19,23)24;1-13-3-4-16-17(11-13)20-8-5-18(16)22-9-6-15(7-10-22)14(2)12-21-25(19,23)24;2*2-1-3;/h3,6,9-10,13-14,21,23H,4-5,7-8,11H2,1-2H3,(H2,19,24,25);2*3-5,8,11,14-15,21H,6-7,9-10,12H2,1-2H3,(H2,19,23,24);2*1H,(H,2,3);1H. The molecule has 0 saturated carbocycles. The summed E-state index contributed by atoms with van der Waals surface area (Å²) >= 11 is 0. The van der Waals surface area contributed by atoms with Gasteiger partial charge in [0.25, 0.3) is 43.6 Å². The van der Waals surface area contributed by atoms with Crippen LogP contribution in [0.5, 0.6) is 5.75 Å². The van der Waals surface area contributed by atoms with E-state index in [1.165, 1.54) is 33.3 Å². The second-order valence-electron chi connectivity index (χ2n) is 21.5. The summed E-state index contributed by atoms with van der Waals surface area (Å²) in [4.78, 5) is 37.2. The molecule has 23 nitrogen and oxygen atoms in total. The lowest BCUT2D eigenvalue weighted by atomic mass is 9.85. The molecule has 3 atom stereocenters. The molecule has 3 aliphatic rings. The third-order valence-corrected chi connectivity index (χ3v) is 17.4. The van der Waals surface area contributed by atoms with Crippen molar-refractivity contribution in [1.29, 1.82) is 0 Å². The Hall–Kier alpha value is -6.07. The first-order valence-electron chi connectivity index (χ1n) is 27.3. The van der Waals surface area contributed by atoms with Crippen LogP contribution in [0.15, 0.2) is 85.3 Å². The lowest BCUT2D eigenvalue weighted by Gasteiger charge is -2.36. The van der Waals surface area contributed by atoms with Crippen LogP contribution >= 0.6 is 12.4 Å². The van der Waals surface area contributed by atoms with Gasteiger partial charge in [-0.15, -0.1) is 12.4 Å². The Morgan fingerprint density at radius 1 is 0.506 bits per heavy atom. The van der Waals surface area contributed by atoms with Gasteiger partial charge in [0.15, 0.2) is 0 Å². The number of pyridine rings is 3. The fraction of sp³-hybridized carbons (Fsp3) is 0.482. The maximum Gasteiger partial charge on any atom is 0.290 e. The normalized spacial score (nSPS) is 16.5. The number of nitrogens with two attached hydrogens (primary N) is 3. The van der Waals surface area contributed by atoms with Crippen molar-refractivity contribution < 1.29 is 50.2 Å². The zero-order valence-corrected chi connectivity index (χ0v) is 51.2. The largest absolute Gasteiger partial charge is 0.508 e. The fourth-order valence-electron chi connectivity index (χ4n) is 11.0. The number of aromatic nitrogens is 3. The van der Waals surface area contributed by atoms with Gasteiger partial charge in [-0.3, -0.25) is 24.5 Å². The first-order chi connectivity index (χ1) is 38.7. The topological polar surface area (TPSA) is 360 Å². The van der Waals surface area contributed by atoms with Crippen molar-refractivity contribution in [2.75, 3.05) is 73.6 Å². The van der Waals surface area contributed by atoms with Gasteiger partial charge >= 0.3 is 0 Å². The maximum atomic E-state index is 11.1. The first-order valence-corrected chi connectivity index (χ1v) is 31.9. The van der Waals surface area contributed by atoms with E-state index in [2.05, 4.69) is 127 Å². The number of nitrogens with one attached hydrogen (secondary N) is 3. The van der Waals surface area contributed by atoms with Crippen molar-refractivity contribution in [2.45, 2.75) is 80.1 Å². The zero-order chi connectivity index (χ0) is 60.4. The molecular weight excluding hydrogens is 1150 g/mol. The minimum atomic E-state index is -3.63. The van der Waals surface area contributed by atoms with Crippen LogP contribution in [0.4, 0.5) is 17.1 Å². The number of carbonyl (C=O) groups is 2. The number of aromatic hydroxyl groups is 1. The number of phenols is 1. The summed E-state index contributed by atoms with van der Waals surface area (Å²) in [7, 11) is -10.8. The molecule has 3 aromatic heterocycles. The van der Waals surface area contributed by atoms with E-state index in [1.54, 1.807) is 12.3 Å². The van der Waals surface area contributed by atoms with Gasteiger partial charge in [-0.05, 0) is 154 Å².